The van der Waals surface area contributed by atoms with Crippen molar-refractivity contribution < 1.29 is 4.79 Å². The fourth-order valence-corrected chi connectivity index (χ4v) is 2.07. The normalized spacial score (nSPS) is 12.5. The average molecular weight is 302 g/mol. The molecule has 17 heavy (non-hydrogen) atoms. The fraction of sp³-hybridized carbons (Fsp3) is 0.667. The first-order valence-electron chi connectivity index (χ1n) is 5.94. The zero-order chi connectivity index (χ0) is 13.0. The highest BCUT2D eigenvalue weighted by molar-refractivity contribution is 9.10. The van der Waals surface area contributed by atoms with Crippen LogP contribution in [0.15, 0.2) is 4.47 Å². The molecular formula is C12H20BrN3O. The van der Waals surface area contributed by atoms with Crippen molar-refractivity contribution in [3.8, 4) is 0 Å². The number of aryl methyl sites for hydroxylation is 1. The van der Waals surface area contributed by atoms with Crippen molar-refractivity contribution in [1.29, 1.82) is 0 Å². The molecule has 1 N–H and O–H groups in total. The molecule has 0 radical (unpaired) electrons. The zero-order valence-corrected chi connectivity index (χ0v) is 12.5. The molecule has 0 fully saturated rings. The summed E-state index contributed by atoms with van der Waals surface area (Å²) in [5.74, 6) is 0.0176. The quantitative estimate of drug-likeness (QED) is 0.908. The Morgan fingerprint density at radius 2 is 2.18 bits per heavy atom. The third kappa shape index (κ3) is 3.84. The van der Waals surface area contributed by atoms with Crippen LogP contribution in [0.25, 0.3) is 0 Å². The van der Waals surface area contributed by atoms with Crippen LogP contribution in [-0.4, -0.2) is 21.7 Å². The lowest BCUT2D eigenvalue weighted by atomic mass is 10.2. The van der Waals surface area contributed by atoms with Crippen LogP contribution in [0.3, 0.4) is 0 Å². The van der Waals surface area contributed by atoms with E-state index >= 15 is 0 Å². The molecule has 96 valence electrons. The van der Waals surface area contributed by atoms with Crippen LogP contribution < -0.4 is 5.32 Å². The van der Waals surface area contributed by atoms with Crippen LogP contribution in [0.1, 0.15) is 38.1 Å². The Morgan fingerprint density at radius 1 is 1.53 bits per heavy atom. The van der Waals surface area contributed by atoms with E-state index in [2.05, 4.69) is 33.3 Å². The molecule has 5 heteroatoms. The molecule has 0 saturated carbocycles. The number of hydrogen-bond acceptors (Lipinski definition) is 2. The number of nitrogens with zero attached hydrogens (tertiary/aromatic N) is 2. The van der Waals surface area contributed by atoms with Gasteiger partial charge in [-0.05, 0) is 43.1 Å². The van der Waals surface area contributed by atoms with E-state index in [0.717, 1.165) is 28.7 Å². The van der Waals surface area contributed by atoms with Gasteiger partial charge in [0.1, 0.15) is 6.54 Å². The molecule has 1 unspecified atom stereocenters. The summed E-state index contributed by atoms with van der Waals surface area (Å²) < 4.78 is 2.71. The first-order valence-corrected chi connectivity index (χ1v) is 6.73. The Morgan fingerprint density at radius 3 is 2.65 bits per heavy atom. The summed E-state index contributed by atoms with van der Waals surface area (Å²) in [5, 5.41) is 7.28. The predicted octanol–water partition coefficient (Wildman–Crippen LogP) is 2.57. The molecule has 4 nitrogen and oxygen atoms in total. The van der Waals surface area contributed by atoms with E-state index in [1.165, 1.54) is 0 Å². The average Bonchev–Trinajstić information content (AvgIpc) is 2.46. The second-order valence-electron chi connectivity index (χ2n) is 4.40. The van der Waals surface area contributed by atoms with Crippen molar-refractivity contribution in [2.75, 3.05) is 0 Å². The lowest BCUT2D eigenvalue weighted by Crippen LogP contribution is -2.35. The van der Waals surface area contributed by atoms with Crippen molar-refractivity contribution in [1.82, 2.24) is 15.1 Å². The topological polar surface area (TPSA) is 46.9 Å². The first-order chi connectivity index (χ1) is 7.95. The van der Waals surface area contributed by atoms with Crippen molar-refractivity contribution in [2.45, 2.75) is 53.1 Å². The molecule has 1 rings (SSSR count). The number of aromatic nitrogens is 2. The Bertz CT molecular complexity index is 401. The van der Waals surface area contributed by atoms with Crippen LogP contribution >= 0.6 is 15.9 Å². The smallest absolute Gasteiger partial charge is 0.241 e. The van der Waals surface area contributed by atoms with Gasteiger partial charge in [-0.25, -0.2) is 0 Å². The lowest BCUT2D eigenvalue weighted by Gasteiger charge is -2.13. The van der Waals surface area contributed by atoms with Gasteiger partial charge < -0.3 is 5.32 Å². The van der Waals surface area contributed by atoms with Gasteiger partial charge in [0.15, 0.2) is 0 Å². The van der Waals surface area contributed by atoms with Crippen molar-refractivity contribution in [2.24, 2.45) is 0 Å². The van der Waals surface area contributed by atoms with E-state index in [4.69, 9.17) is 0 Å². The molecule has 0 spiro atoms. The number of rotatable bonds is 5. The number of nitrogens with one attached hydrogen (secondary N) is 1. The van der Waals surface area contributed by atoms with E-state index in [1.54, 1.807) is 4.68 Å². The minimum Gasteiger partial charge on any atom is -0.352 e. The Balaban J connectivity index is 2.59. The van der Waals surface area contributed by atoms with Gasteiger partial charge in [0.2, 0.25) is 5.91 Å². The van der Waals surface area contributed by atoms with E-state index in [0.29, 0.717) is 0 Å². The van der Waals surface area contributed by atoms with Crippen molar-refractivity contribution >= 4 is 21.8 Å². The summed E-state index contributed by atoms with van der Waals surface area (Å²) >= 11 is 3.45. The van der Waals surface area contributed by atoms with Gasteiger partial charge in [0, 0.05) is 6.04 Å². The van der Waals surface area contributed by atoms with Crippen LogP contribution in [0.5, 0.6) is 0 Å². The monoisotopic (exact) mass is 301 g/mol. The molecule has 1 aromatic rings. The molecule has 0 saturated heterocycles. The van der Waals surface area contributed by atoms with E-state index in [9.17, 15) is 4.79 Å². The van der Waals surface area contributed by atoms with Gasteiger partial charge in [-0.3, -0.25) is 9.48 Å². The van der Waals surface area contributed by atoms with E-state index in [1.807, 2.05) is 20.8 Å². The fourth-order valence-electron chi connectivity index (χ4n) is 1.79. The highest BCUT2D eigenvalue weighted by Crippen LogP contribution is 2.19. The summed E-state index contributed by atoms with van der Waals surface area (Å²) in [6.45, 7) is 8.30. The molecule has 0 bridgehead atoms. The van der Waals surface area contributed by atoms with Gasteiger partial charge >= 0.3 is 0 Å². The SMILES string of the molecule is CCCC(C)NC(=O)Cn1nc(C)c(Br)c1C. The van der Waals surface area contributed by atoms with Crippen molar-refractivity contribution in [3.05, 3.63) is 15.9 Å². The van der Waals surface area contributed by atoms with Gasteiger partial charge in [0.05, 0.1) is 15.9 Å². The first kappa shape index (κ1) is 14.2. The summed E-state index contributed by atoms with van der Waals surface area (Å²) in [6, 6.07) is 0.230. The number of halogens is 1. The molecule has 0 aliphatic rings. The molecule has 0 aromatic carbocycles. The maximum absolute atomic E-state index is 11.8. The standard InChI is InChI=1S/C12H20BrN3O/c1-5-6-8(2)14-11(17)7-16-10(4)12(13)9(3)15-16/h8H,5-7H2,1-4H3,(H,14,17). The van der Waals surface area contributed by atoms with Crippen LogP contribution in [0.2, 0.25) is 0 Å². The zero-order valence-electron chi connectivity index (χ0n) is 10.9. The number of carbonyl (C=O) groups is 1. The lowest BCUT2D eigenvalue weighted by molar-refractivity contribution is -0.122. The third-order valence-corrected chi connectivity index (χ3v) is 3.86. The Kier molecular flexibility index (Phi) is 5.18. The van der Waals surface area contributed by atoms with Crippen molar-refractivity contribution in [3.63, 3.8) is 0 Å². The highest BCUT2D eigenvalue weighted by atomic mass is 79.9. The van der Waals surface area contributed by atoms with E-state index in [-0.39, 0.29) is 18.5 Å². The number of hydrogen-bond donors (Lipinski definition) is 1. The summed E-state index contributed by atoms with van der Waals surface area (Å²) in [5.41, 5.74) is 1.90. The third-order valence-electron chi connectivity index (χ3n) is 2.72. The minimum absolute atomic E-state index is 0.0176. The molecule has 0 aliphatic carbocycles. The minimum atomic E-state index is 0.0176. The van der Waals surface area contributed by atoms with E-state index < -0.39 is 0 Å². The summed E-state index contributed by atoms with van der Waals surface area (Å²) in [4.78, 5) is 11.8. The maximum atomic E-state index is 11.8. The molecule has 1 heterocycles. The highest BCUT2D eigenvalue weighted by Gasteiger charge is 2.12. The molecule has 0 aliphatic heterocycles. The number of amides is 1. The molecule has 1 amide bonds. The second kappa shape index (κ2) is 6.19. The molecule has 1 aromatic heterocycles. The summed E-state index contributed by atoms with van der Waals surface area (Å²) in [7, 11) is 0. The Hall–Kier alpha value is -0.840. The molecule has 1 atom stereocenters. The van der Waals surface area contributed by atoms with Gasteiger partial charge in [-0.2, -0.15) is 5.10 Å². The van der Waals surface area contributed by atoms with Gasteiger partial charge in [-0.1, -0.05) is 13.3 Å². The summed E-state index contributed by atoms with van der Waals surface area (Å²) in [6.07, 6.45) is 2.08. The van der Waals surface area contributed by atoms with Crippen LogP contribution in [0, 0.1) is 13.8 Å². The molecular weight excluding hydrogens is 282 g/mol. The van der Waals surface area contributed by atoms with Gasteiger partial charge in [-0.15, -0.1) is 0 Å². The Labute approximate surface area is 111 Å². The predicted molar refractivity (Wildman–Crippen MR) is 71.9 cm³/mol. The van der Waals surface area contributed by atoms with Gasteiger partial charge in [0.25, 0.3) is 0 Å². The number of carbonyl (C=O) groups excluding carboxylic acids is 1. The van der Waals surface area contributed by atoms with Crippen LogP contribution in [-0.2, 0) is 11.3 Å². The van der Waals surface area contributed by atoms with Crippen LogP contribution in [0.4, 0.5) is 0 Å². The largest absolute Gasteiger partial charge is 0.352 e. The maximum Gasteiger partial charge on any atom is 0.241 e. The second-order valence-corrected chi connectivity index (χ2v) is 5.19.